The summed E-state index contributed by atoms with van der Waals surface area (Å²) in [5.41, 5.74) is -0.747. The monoisotopic (exact) mass is 448 g/mol. The number of halogens is 3. The molecule has 1 aromatic heterocycles. The fourth-order valence-electron chi connectivity index (χ4n) is 3.71. The third kappa shape index (κ3) is 4.01. The van der Waals surface area contributed by atoms with Gasteiger partial charge in [0.2, 0.25) is 11.2 Å². The number of hydrogen-bond donors (Lipinski definition) is 0. The summed E-state index contributed by atoms with van der Waals surface area (Å²) in [6.07, 6.45) is -5.08. The number of rotatable bonds is 4. The minimum atomic E-state index is -4.88. The van der Waals surface area contributed by atoms with E-state index in [2.05, 4.69) is 0 Å². The Morgan fingerprint density at radius 3 is 2.28 bits per heavy atom. The highest BCUT2D eigenvalue weighted by Gasteiger charge is 2.40. The van der Waals surface area contributed by atoms with Gasteiger partial charge in [-0.2, -0.15) is 13.2 Å². The van der Waals surface area contributed by atoms with Gasteiger partial charge in [0.25, 0.3) is 0 Å². The third-order valence-electron chi connectivity index (χ3n) is 5.10. The van der Waals surface area contributed by atoms with Gasteiger partial charge in [-0.15, -0.1) is 0 Å². The van der Waals surface area contributed by atoms with Gasteiger partial charge in [0.15, 0.2) is 11.5 Å². The van der Waals surface area contributed by atoms with Crippen LogP contribution in [0.15, 0.2) is 39.5 Å². The van der Waals surface area contributed by atoms with Gasteiger partial charge in [0.1, 0.15) is 24.5 Å². The predicted molar refractivity (Wildman–Crippen MR) is 114 cm³/mol. The lowest BCUT2D eigenvalue weighted by Crippen LogP contribution is -2.18. The van der Waals surface area contributed by atoms with E-state index in [1.54, 1.807) is 6.07 Å². The molecule has 32 heavy (non-hydrogen) atoms. The van der Waals surface area contributed by atoms with E-state index in [9.17, 15) is 18.0 Å². The van der Waals surface area contributed by atoms with Gasteiger partial charge in [-0.25, -0.2) is 0 Å². The Hall–Kier alpha value is -3.16. The molecule has 5 nitrogen and oxygen atoms in total. The lowest BCUT2D eigenvalue weighted by molar-refractivity contribution is -0.152. The standard InChI is InChI=1S/C24H23F3O5/c1-12(2)15-10-16-19(11-18(15)31-13(3)4)32-23(24(25,26)27)21(22(16)28)14-5-6-17-20(9-14)30-8-7-29-17/h5-6,9-13H,7-8H2,1-4H3. The molecule has 0 bridgehead atoms. The highest BCUT2D eigenvalue weighted by Crippen LogP contribution is 2.41. The lowest BCUT2D eigenvalue weighted by Gasteiger charge is -2.20. The van der Waals surface area contributed by atoms with Gasteiger partial charge >= 0.3 is 6.18 Å². The van der Waals surface area contributed by atoms with Crippen LogP contribution in [-0.2, 0) is 6.18 Å². The van der Waals surface area contributed by atoms with Gasteiger partial charge in [0, 0.05) is 6.07 Å². The Bertz CT molecular complexity index is 1230. The van der Waals surface area contributed by atoms with E-state index in [4.69, 9.17) is 18.6 Å². The predicted octanol–water partition coefficient (Wildman–Crippen LogP) is 6.16. The minimum absolute atomic E-state index is 0.0208. The Labute approximate surface area is 182 Å². The number of hydrogen-bond acceptors (Lipinski definition) is 5. The van der Waals surface area contributed by atoms with Crippen molar-refractivity contribution in [2.45, 2.75) is 45.9 Å². The van der Waals surface area contributed by atoms with E-state index in [-0.39, 0.29) is 40.9 Å². The lowest BCUT2D eigenvalue weighted by atomic mass is 9.96. The Balaban J connectivity index is 2.02. The van der Waals surface area contributed by atoms with Crippen molar-refractivity contribution in [1.29, 1.82) is 0 Å². The summed E-state index contributed by atoms with van der Waals surface area (Å²) in [5, 5.41) is 0.0581. The highest BCUT2D eigenvalue weighted by molar-refractivity contribution is 5.85. The smallest absolute Gasteiger partial charge is 0.450 e. The van der Waals surface area contributed by atoms with E-state index in [0.717, 1.165) is 0 Å². The van der Waals surface area contributed by atoms with Gasteiger partial charge in [-0.1, -0.05) is 19.9 Å². The van der Waals surface area contributed by atoms with Crippen LogP contribution in [0.5, 0.6) is 17.2 Å². The van der Waals surface area contributed by atoms with Crippen LogP contribution < -0.4 is 19.6 Å². The molecule has 0 atom stereocenters. The topological polar surface area (TPSA) is 57.9 Å². The zero-order chi connectivity index (χ0) is 23.2. The van der Waals surface area contributed by atoms with Gasteiger partial charge in [0.05, 0.1) is 17.1 Å². The summed E-state index contributed by atoms with van der Waals surface area (Å²) in [7, 11) is 0. The van der Waals surface area contributed by atoms with Crippen LogP contribution >= 0.6 is 0 Å². The van der Waals surface area contributed by atoms with E-state index in [1.807, 2.05) is 27.7 Å². The molecule has 8 heteroatoms. The van der Waals surface area contributed by atoms with Crippen LogP contribution in [0, 0.1) is 0 Å². The molecule has 0 aliphatic carbocycles. The molecule has 0 saturated carbocycles. The first kappa shape index (κ1) is 22.0. The summed E-state index contributed by atoms with van der Waals surface area (Å²) in [6.45, 7) is 8.08. The Morgan fingerprint density at radius 2 is 1.66 bits per heavy atom. The first-order valence-electron chi connectivity index (χ1n) is 10.3. The maximum atomic E-state index is 14.0. The molecule has 0 spiro atoms. The van der Waals surface area contributed by atoms with Crippen molar-refractivity contribution < 1.29 is 31.8 Å². The Kier molecular flexibility index (Phi) is 5.56. The van der Waals surface area contributed by atoms with Gasteiger partial charge in [-0.05, 0) is 49.1 Å². The normalized spacial score (nSPS) is 13.8. The maximum absolute atomic E-state index is 14.0. The van der Waals surface area contributed by atoms with Crippen molar-refractivity contribution in [3.63, 3.8) is 0 Å². The van der Waals surface area contributed by atoms with Crippen LogP contribution in [0.4, 0.5) is 13.2 Å². The molecule has 0 amide bonds. The molecule has 0 unspecified atom stereocenters. The quantitative estimate of drug-likeness (QED) is 0.478. The van der Waals surface area contributed by atoms with Crippen molar-refractivity contribution in [2.24, 2.45) is 0 Å². The van der Waals surface area contributed by atoms with Crippen LogP contribution in [0.25, 0.3) is 22.1 Å². The second kappa shape index (κ2) is 8.07. The van der Waals surface area contributed by atoms with E-state index >= 15 is 0 Å². The number of alkyl halides is 3. The van der Waals surface area contributed by atoms with Crippen molar-refractivity contribution in [3.05, 3.63) is 51.9 Å². The van der Waals surface area contributed by atoms with E-state index < -0.39 is 22.9 Å². The largest absolute Gasteiger partial charge is 0.491 e. The number of ether oxygens (including phenoxy) is 3. The van der Waals surface area contributed by atoms with Gasteiger partial charge in [-0.3, -0.25) is 4.79 Å². The van der Waals surface area contributed by atoms with Crippen LogP contribution in [0.1, 0.15) is 44.9 Å². The summed E-state index contributed by atoms with van der Waals surface area (Å²) in [4.78, 5) is 13.4. The third-order valence-corrected chi connectivity index (χ3v) is 5.10. The number of benzene rings is 2. The molecule has 0 fully saturated rings. The summed E-state index contributed by atoms with van der Waals surface area (Å²) in [5.74, 6) is -0.292. The van der Waals surface area contributed by atoms with E-state index in [0.29, 0.717) is 23.7 Å². The zero-order valence-electron chi connectivity index (χ0n) is 18.1. The average molecular weight is 448 g/mol. The van der Waals surface area contributed by atoms with Crippen molar-refractivity contribution in [1.82, 2.24) is 0 Å². The molecule has 0 N–H and O–H groups in total. The maximum Gasteiger partial charge on any atom is 0.450 e. The minimum Gasteiger partial charge on any atom is -0.491 e. The second-order valence-corrected chi connectivity index (χ2v) is 8.20. The van der Waals surface area contributed by atoms with Crippen molar-refractivity contribution in [3.8, 4) is 28.4 Å². The molecule has 3 aromatic rings. The molecular formula is C24H23F3O5. The fourth-order valence-corrected chi connectivity index (χ4v) is 3.71. The molecule has 0 radical (unpaired) electrons. The number of fused-ring (bicyclic) bond motifs is 2. The molecule has 1 aliphatic heterocycles. The summed E-state index contributed by atoms with van der Waals surface area (Å²) in [6, 6.07) is 7.20. The first-order valence-corrected chi connectivity index (χ1v) is 10.3. The summed E-state index contributed by atoms with van der Waals surface area (Å²) >= 11 is 0. The van der Waals surface area contributed by atoms with Crippen molar-refractivity contribution >= 4 is 11.0 Å². The summed E-state index contributed by atoms with van der Waals surface area (Å²) < 4.78 is 64.0. The molecule has 2 heterocycles. The first-order chi connectivity index (χ1) is 15.1. The molecular weight excluding hydrogens is 425 g/mol. The SMILES string of the molecule is CC(C)Oc1cc2oc(C(F)(F)F)c(-c3ccc4c(c3)OCCO4)c(=O)c2cc1C(C)C. The van der Waals surface area contributed by atoms with Crippen molar-refractivity contribution in [2.75, 3.05) is 13.2 Å². The molecule has 4 rings (SSSR count). The van der Waals surface area contributed by atoms with Gasteiger partial charge < -0.3 is 18.6 Å². The molecule has 2 aromatic carbocycles. The van der Waals surface area contributed by atoms with Crippen LogP contribution in [0.3, 0.4) is 0 Å². The molecule has 170 valence electrons. The Morgan fingerprint density at radius 1 is 0.969 bits per heavy atom. The van der Waals surface area contributed by atoms with Crippen LogP contribution in [0.2, 0.25) is 0 Å². The second-order valence-electron chi connectivity index (χ2n) is 8.20. The molecule has 0 saturated heterocycles. The average Bonchev–Trinajstić information content (AvgIpc) is 2.71. The zero-order valence-corrected chi connectivity index (χ0v) is 18.1. The van der Waals surface area contributed by atoms with Crippen LogP contribution in [-0.4, -0.2) is 19.3 Å². The fraction of sp³-hybridized carbons (Fsp3) is 0.375. The highest BCUT2D eigenvalue weighted by atomic mass is 19.4. The van der Waals surface area contributed by atoms with E-state index in [1.165, 1.54) is 24.3 Å². The molecule has 1 aliphatic rings.